The second-order valence-corrected chi connectivity index (χ2v) is 6.75. The predicted octanol–water partition coefficient (Wildman–Crippen LogP) is 4.96. The number of carbonyl (C=O) groups excluding carboxylic acids is 1. The standard InChI is InChI=1S/C22H27NO2/c1-2-21(22(24)23-19-11-7-4-8-12-19)25-20-15-13-18(14-16-20)17-9-5-3-6-10-17/h3,5-6,9-10,13-16,19,21H,2,4,7-8,11-12H2,1H3,(H,23,24). The molecule has 1 amide bonds. The second kappa shape index (κ2) is 8.70. The highest BCUT2D eigenvalue weighted by Gasteiger charge is 2.22. The fourth-order valence-electron chi connectivity index (χ4n) is 3.38. The lowest BCUT2D eigenvalue weighted by atomic mass is 9.95. The molecule has 2 aromatic carbocycles. The van der Waals surface area contributed by atoms with Gasteiger partial charge < -0.3 is 10.1 Å². The summed E-state index contributed by atoms with van der Waals surface area (Å²) in [4.78, 5) is 12.5. The molecule has 0 aromatic heterocycles. The van der Waals surface area contributed by atoms with Crippen LogP contribution in [0, 0.1) is 0 Å². The molecule has 1 unspecified atom stereocenters. The molecule has 1 N–H and O–H groups in total. The Morgan fingerprint density at radius 1 is 1.00 bits per heavy atom. The number of benzene rings is 2. The van der Waals surface area contributed by atoms with Crippen molar-refractivity contribution in [2.45, 2.75) is 57.6 Å². The average molecular weight is 337 g/mol. The lowest BCUT2D eigenvalue weighted by Gasteiger charge is -2.25. The van der Waals surface area contributed by atoms with Crippen molar-refractivity contribution in [3.8, 4) is 16.9 Å². The molecule has 1 saturated carbocycles. The van der Waals surface area contributed by atoms with Gasteiger partial charge in [-0.1, -0.05) is 68.7 Å². The Balaban J connectivity index is 1.60. The molecule has 3 rings (SSSR count). The van der Waals surface area contributed by atoms with Gasteiger partial charge in [-0.05, 0) is 42.5 Å². The van der Waals surface area contributed by atoms with Crippen LogP contribution in [0.3, 0.4) is 0 Å². The zero-order valence-corrected chi connectivity index (χ0v) is 14.9. The van der Waals surface area contributed by atoms with Crippen LogP contribution < -0.4 is 10.1 Å². The number of nitrogens with one attached hydrogen (secondary N) is 1. The van der Waals surface area contributed by atoms with Gasteiger partial charge in [0.25, 0.3) is 5.91 Å². The van der Waals surface area contributed by atoms with Gasteiger partial charge in [-0.15, -0.1) is 0 Å². The summed E-state index contributed by atoms with van der Waals surface area (Å²) < 4.78 is 5.95. The normalized spacial score (nSPS) is 16.2. The molecule has 25 heavy (non-hydrogen) atoms. The van der Waals surface area contributed by atoms with E-state index in [0.717, 1.165) is 24.2 Å². The van der Waals surface area contributed by atoms with E-state index in [1.165, 1.54) is 24.8 Å². The summed E-state index contributed by atoms with van der Waals surface area (Å²) in [5.74, 6) is 0.756. The van der Waals surface area contributed by atoms with Crippen LogP contribution in [0.1, 0.15) is 45.4 Å². The smallest absolute Gasteiger partial charge is 0.261 e. The highest BCUT2D eigenvalue weighted by atomic mass is 16.5. The van der Waals surface area contributed by atoms with E-state index < -0.39 is 6.10 Å². The molecular weight excluding hydrogens is 310 g/mol. The molecule has 0 saturated heterocycles. The van der Waals surface area contributed by atoms with Gasteiger partial charge in [0.2, 0.25) is 0 Å². The maximum Gasteiger partial charge on any atom is 0.261 e. The summed E-state index contributed by atoms with van der Waals surface area (Å²) in [5.41, 5.74) is 2.32. The Morgan fingerprint density at radius 2 is 1.64 bits per heavy atom. The Bertz CT molecular complexity index is 660. The van der Waals surface area contributed by atoms with E-state index in [0.29, 0.717) is 12.5 Å². The van der Waals surface area contributed by atoms with E-state index in [2.05, 4.69) is 17.4 Å². The molecule has 0 heterocycles. The zero-order chi connectivity index (χ0) is 17.5. The van der Waals surface area contributed by atoms with Crippen LogP contribution in [0.15, 0.2) is 54.6 Å². The lowest BCUT2D eigenvalue weighted by Crippen LogP contribution is -2.44. The van der Waals surface area contributed by atoms with Crippen LogP contribution in [0.4, 0.5) is 0 Å². The van der Waals surface area contributed by atoms with Crippen molar-refractivity contribution in [3.05, 3.63) is 54.6 Å². The van der Waals surface area contributed by atoms with E-state index in [4.69, 9.17) is 4.74 Å². The van der Waals surface area contributed by atoms with Crippen LogP contribution in [0.2, 0.25) is 0 Å². The molecule has 2 aromatic rings. The van der Waals surface area contributed by atoms with E-state index in [-0.39, 0.29) is 5.91 Å². The highest BCUT2D eigenvalue weighted by molar-refractivity contribution is 5.81. The quantitative estimate of drug-likeness (QED) is 0.809. The van der Waals surface area contributed by atoms with Crippen LogP contribution in [-0.4, -0.2) is 18.1 Å². The van der Waals surface area contributed by atoms with Crippen LogP contribution in [0.25, 0.3) is 11.1 Å². The molecular formula is C22H27NO2. The van der Waals surface area contributed by atoms with Gasteiger partial charge >= 0.3 is 0 Å². The fraction of sp³-hybridized carbons (Fsp3) is 0.409. The van der Waals surface area contributed by atoms with Gasteiger partial charge in [-0.3, -0.25) is 4.79 Å². The number of hydrogen-bond donors (Lipinski definition) is 1. The van der Waals surface area contributed by atoms with Crippen molar-refractivity contribution in [2.75, 3.05) is 0 Å². The SMILES string of the molecule is CCC(Oc1ccc(-c2ccccc2)cc1)C(=O)NC1CCCCC1. The molecule has 132 valence electrons. The predicted molar refractivity (Wildman–Crippen MR) is 102 cm³/mol. The van der Waals surface area contributed by atoms with Gasteiger partial charge in [-0.2, -0.15) is 0 Å². The third kappa shape index (κ3) is 4.85. The molecule has 3 nitrogen and oxygen atoms in total. The molecule has 0 bridgehead atoms. The molecule has 1 aliphatic rings. The first kappa shape index (κ1) is 17.5. The lowest BCUT2D eigenvalue weighted by molar-refractivity contribution is -0.129. The largest absolute Gasteiger partial charge is 0.481 e. The summed E-state index contributed by atoms with van der Waals surface area (Å²) >= 11 is 0. The van der Waals surface area contributed by atoms with E-state index in [9.17, 15) is 4.79 Å². The number of rotatable bonds is 6. The molecule has 0 spiro atoms. The summed E-state index contributed by atoms with van der Waals surface area (Å²) in [6, 6.07) is 18.5. The van der Waals surface area contributed by atoms with Crippen molar-refractivity contribution in [2.24, 2.45) is 0 Å². The second-order valence-electron chi connectivity index (χ2n) is 6.75. The van der Waals surface area contributed by atoms with E-state index in [1.54, 1.807) is 0 Å². The third-order valence-corrected chi connectivity index (χ3v) is 4.85. The number of ether oxygens (including phenoxy) is 1. The van der Waals surface area contributed by atoms with Gasteiger partial charge in [0, 0.05) is 6.04 Å². The fourth-order valence-corrected chi connectivity index (χ4v) is 3.38. The van der Waals surface area contributed by atoms with Gasteiger partial charge in [0.15, 0.2) is 6.10 Å². The van der Waals surface area contributed by atoms with Crippen LogP contribution in [-0.2, 0) is 4.79 Å². The Hall–Kier alpha value is -2.29. The van der Waals surface area contributed by atoms with Crippen molar-refractivity contribution in [3.63, 3.8) is 0 Å². The molecule has 3 heteroatoms. The van der Waals surface area contributed by atoms with Crippen molar-refractivity contribution in [1.82, 2.24) is 5.32 Å². The highest BCUT2D eigenvalue weighted by Crippen LogP contribution is 2.23. The van der Waals surface area contributed by atoms with Crippen LogP contribution in [0.5, 0.6) is 5.75 Å². The summed E-state index contributed by atoms with van der Waals surface area (Å²) in [6.45, 7) is 1.99. The molecule has 0 aliphatic heterocycles. The topological polar surface area (TPSA) is 38.3 Å². The van der Waals surface area contributed by atoms with E-state index >= 15 is 0 Å². The molecule has 1 aliphatic carbocycles. The Morgan fingerprint density at radius 3 is 2.28 bits per heavy atom. The summed E-state index contributed by atoms with van der Waals surface area (Å²) in [7, 11) is 0. The summed E-state index contributed by atoms with van der Waals surface area (Å²) in [5, 5.41) is 3.16. The third-order valence-electron chi connectivity index (χ3n) is 4.85. The first-order chi connectivity index (χ1) is 12.3. The number of amides is 1. The molecule has 1 atom stereocenters. The van der Waals surface area contributed by atoms with Crippen molar-refractivity contribution >= 4 is 5.91 Å². The molecule has 1 fully saturated rings. The van der Waals surface area contributed by atoms with E-state index in [1.807, 2.05) is 49.4 Å². The Kier molecular flexibility index (Phi) is 6.10. The van der Waals surface area contributed by atoms with Crippen LogP contribution >= 0.6 is 0 Å². The maximum atomic E-state index is 12.5. The van der Waals surface area contributed by atoms with Gasteiger partial charge in [0.1, 0.15) is 5.75 Å². The van der Waals surface area contributed by atoms with Gasteiger partial charge in [-0.25, -0.2) is 0 Å². The number of hydrogen-bond acceptors (Lipinski definition) is 2. The maximum absolute atomic E-state index is 12.5. The van der Waals surface area contributed by atoms with Crippen molar-refractivity contribution < 1.29 is 9.53 Å². The monoisotopic (exact) mass is 337 g/mol. The van der Waals surface area contributed by atoms with Crippen molar-refractivity contribution in [1.29, 1.82) is 0 Å². The summed E-state index contributed by atoms with van der Waals surface area (Å²) in [6.07, 6.45) is 6.13. The molecule has 0 radical (unpaired) electrons. The average Bonchev–Trinajstić information content (AvgIpc) is 2.68. The minimum atomic E-state index is -0.426. The zero-order valence-electron chi connectivity index (χ0n) is 14.9. The number of carbonyl (C=O) groups is 1. The first-order valence-corrected chi connectivity index (χ1v) is 9.39. The minimum absolute atomic E-state index is 0.0153. The Labute approximate surface area is 150 Å². The minimum Gasteiger partial charge on any atom is -0.481 e. The first-order valence-electron chi connectivity index (χ1n) is 9.39. The van der Waals surface area contributed by atoms with Gasteiger partial charge in [0.05, 0.1) is 0 Å².